The van der Waals surface area contributed by atoms with E-state index in [9.17, 15) is 9.59 Å². The monoisotopic (exact) mass is 372 g/mol. The summed E-state index contributed by atoms with van der Waals surface area (Å²) in [5, 5.41) is 15.6. The lowest BCUT2D eigenvalue weighted by atomic mass is 10.0. The minimum Gasteiger partial charge on any atom is -0.465 e. The molecule has 3 rings (SSSR count). The van der Waals surface area contributed by atoms with E-state index in [0.717, 1.165) is 21.3 Å². The van der Waals surface area contributed by atoms with Gasteiger partial charge in [0.05, 0.1) is 0 Å². The molecule has 0 saturated heterocycles. The zero-order valence-corrected chi connectivity index (χ0v) is 15.3. The number of benzene rings is 1. The van der Waals surface area contributed by atoms with Crippen molar-refractivity contribution in [3.8, 4) is 0 Å². The van der Waals surface area contributed by atoms with Gasteiger partial charge in [0.25, 0.3) is 0 Å². The van der Waals surface area contributed by atoms with Crippen molar-refractivity contribution in [2.45, 2.75) is 32.2 Å². The molecule has 4 N–H and O–H groups in total. The molecular weight excluding hydrogens is 352 g/mol. The van der Waals surface area contributed by atoms with E-state index in [2.05, 4.69) is 20.6 Å². The number of thiazole rings is 1. The van der Waals surface area contributed by atoms with Crippen LogP contribution in [0.15, 0.2) is 36.7 Å². The number of hydrogen-bond donors (Lipinski definition) is 4. The molecule has 2 aromatic heterocycles. The quantitative estimate of drug-likeness (QED) is 0.530. The summed E-state index contributed by atoms with van der Waals surface area (Å²) in [5.41, 5.74) is 1.81. The maximum Gasteiger partial charge on any atom is 0.405 e. The molecule has 2 heterocycles. The number of carboxylic acid groups (broad SMARTS) is 1. The molecule has 7 nitrogen and oxygen atoms in total. The largest absolute Gasteiger partial charge is 0.465 e. The van der Waals surface area contributed by atoms with E-state index >= 15 is 0 Å². The van der Waals surface area contributed by atoms with E-state index in [1.807, 2.05) is 38.1 Å². The highest BCUT2D eigenvalue weighted by atomic mass is 32.1. The van der Waals surface area contributed by atoms with Gasteiger partial charge in [-0.05, 0) is 17.5 Å². The number of nitrogens with zero attached hydrogens (tertiary/aromatic N) is 1. The smallest absolute Gasteiger partial charge is 0.405 e. The maximum absolute atomic E-state index is 12.6. The lowest BCUT2D eigenvalue weighted by molar-refractivity contribution is -0.118. The minimum atomic E-state index is -1.24. The van der Waals surface area contributed by atoms with Gasteiger partial charge < -0.3 is 20.7 Å². The van der Waals surface area contributed by atoms with Crippen molar-refractivity contribution in [3.63, 3.8) is 0 Å². The van der Waals surface area contributed by atoms with Crippen LogP contribution in [0, 0.1) is 0 Å². The third kappa shape index (κ3) is 4.02. The molecule has 0 radical (unpaired) electrons. The molecule has 3 aromatic rings. The van der Waals surface area contributed by atoms with Crippen LogP contribution >= 0.6 is 11.3 Å². The second kappa shape index (κ2) is 7.57. The number of H-pyrrole nitrogens is 1. The van der Waals surface area contributed by atoms with Crippen molar-refractivity contribution < 1.29 is 14.7 Å². The first-order chi connectivity index (χ1) is 12.4. The summed E-state index contributed by atoms with van der Waals surface area (Å²) in [7, 11) is 0. The number of hydrogen-bond acceptors (Lipinski definition) is 4. The highest BCUT2D eigenvalue weighted by Gasteiger charge is 2.23. The summed E-state index contributed by atoms with van der Waals surface area (Å²) in [6.45, 7) is 4.09. The van der Waals surface area contributed by atoms with Crippen LogP contribution in [0.5, 0.6) is 0 Å². The Labute approximate surface area is 154 Å². The lowest BCUT2D eigenvalue weighted by Crippen LogP contribution is -2.44. The van der Waals surface area contributed by atoms with Gasteiger partial charge in [0, 0.05) is 34.6 Å². The van der Waals surface area contributed by atoms with Crippen LogP contribution in [0.3, 0.4) is 0 Å². The molecule has 0 bridgehead atoms. The molecule has 0 aliphatic rings. The number of fused-ring (bicyclic) bond motifs is 1. The van der Waals surface area contributed by atoms with E-state index in [0.29, 0.717) is 11.0 Å². The van der Waals surface area contributed by atoms with Gasteiger partial charge in [0.1, 0.15) is 6.04 Å². The van der Waals surface area contributed by atoms with E-state index in [1.165, 1.54) is 11.3 Å². The summed E-state index contributed by atoms with van der Waals surface area (Å²) in [4.78, 5) is 32.1. The molecule has 1 atom stereocenters. The Morgan fingerprint density at radius 1 is 1.31 bits per heavy atom. The van der Waals surface area contributed by atoms with Gasteiger partial charge in [-0.2, -0.15) is 0 Å². The number of carbonyl (C=O) groups excluding carboxylic acids is 1. The fourth-order valence-electron chi connectivity index (χ4n) is 2.68. The number of aromatic amines is 1. The molecule has 0 fully saturated rings. The van der Waals surface area contributed by atoms with Crippen LogP contribution in [0.4, 0.5) is 9.93 Å². The number of anilines is 1. The molecule has 0 spiro atoms. The molecule has 0 saturated carbocycles. The Kier molecular flexibility index (Phi) is 5.22. The van der Waals surface area contributed by atoms with Crippen molar-refractivity contribution >= 4 is 39.4 Å². The molecule has 136 valence electrons. The summed E-state index contributed by atoms with van der Waals surface area (Å²) in [5.74, 6) is -0.111. The van der Waals surface area contributed by atoms with E-state index in [-0.39, 0.29) is 6.42 Å². The van der Waals surface area contributed by atoms with Crippen molar-refractivity contribution in [1.82, 2.24) is 15.3 Å². The molecule has 1 unspecified atom stereocenters. The molecule has 26 heavy (non-hydrogen) atoms. The summed E-state index contributed by atoms with van der Waals surface area (Å²) in [6, 6.07) is 6.77. The number of para-hydroxylation sites is 1. The van der Waals surface area contributed by atoms with Crippen LogP contribution in [-0.4, -0.2) is 33.1 Å². The highest BCUT2D eigenvalue weighted by Crippen LogP contribution is 2.25. The Bertz CT molecular complexity index is 931. The second-order valence-corrected chi connectivity index (χ2v) is 7.34. The third-order valence-corrected chi connectivity index (χ3v) is 5.25. The Morgan fingerprint density at radius 2 is 2.08 bits per heavy atom. The molecule has 0 aliphatic heterocycles. The maximum atomic E-state index is 12.6. The Balaban J connectivity index is 1.78. The predicted molar refractivity (Wildman–Crippen MR) is 102 cm³/mol. The van der Waals surface area contributed by atoms with E-state index in [1.54, 1.807) is 12.4 Å². The predicted octanol–water partition coefficient (Wildman–Crippen LogP) is 3.57. The standard InChI is InChI=1S/C18H20N4O3S/c1-10(2)15-9-20-17(26-15)22-16(23)14(21-18(24)25)7-11-8-19-13-6-4-3-5-12(11)13/h3-6,8-10,14,19,21H,7H2,1-2H3,(H,24,25)(H,20,22,23). The first kappa shape index (κ1) is 17.9. The molecular formula is C18H20N4O3S. The Morgan fingerprint density at radius 3 is 2.77 bits per heavy atom. The molecule has 2 amide bonds. The van der Waals surface area contributed by atoms with Crippen LogP contribution in [0.1, 0.15) is 30.2 Å². The lowest BCUT2D eigenvalue weighted by Gasteiger charge is -2.15. The van der Waals surface area contributed by atoms with Gasteiger partial charge in [0.2, 0.25) is 5.91 Å². The van der Waals surface area contributed by atoms with Crippen LogP contribution < -0.4 is 10.6 Å². The highest BCUT2D eigenvalue weighted by molar-refractivity contribution is 7.15. The van der Waals surface area contributed by atoms with Gasteiger partial charge in [-0.3, -0.25) is 4.79 Å². The van der Waals surface area contributed by atoms with Crippen molar-refractivity contribution in [3.05, 3.63) is 47.1 Å². The fourth-order valence-corrected chi connectivity index (χ4v) is 3.50. The van der Waals surface area contributed by atoms with Crippen LogP contribution in [0.2, 0.25) is 0 Å². The summed E-state index contributed by atoms with van der Waals surface area (Å²) >= 11 is 1.39. The second-order valence-electron chi connectivity index (χ2n) is 6.28. The zero-order chi connectivity index (χ0) is 18.7. The SMILES string of the molecule is CC(C)c1cnc(NC(=O)C(Cc2c[nH]c3ccccc23)NC(=O)O)s1. The number of amides is 2. The Hall–Kier alpha value is -2.87. The normalized spacial score (nSPS) is 12.3. The van der Waals surface area contributed by atoms with E-state index in [4.69, 9.17) is 5.11 Å². The van der Waals surface area contributed by atoms with Crippen molar-refractivity contribution in [2.24, 2.45) is 0 Å². The topological polar surface area (TPSA) is 107 Å². The zero-order valence-electron chi connectivity index (χ0n) is 14.4. The first-order valence-corrected chi connectivity index (χ1v) is 9.06. The fraction of sp³-hybridized carbons (Fsp3) is 0.278. The molecule has 8 heteroatoms. The van der Waals surface area contributed by atoms with Crippen LogP contribution in [0.25, 0.3) is 10.9 Å². The van der Waals surface area contributed by atoms with Crippen molar-refractivity contribution in [2.75, 3.05) is 5.32 Å². The van der Waals surface area contributed by atoms with Gasteiger partial charge in [-0.15, -0.1) is 11.3 Å². The molecule has 0 aliphatic carbocycles. The van der Waals surface area contributed by atoms with Gasteiger partial charge >= 0.3 is 6.09 Å². The first-order valence-electron chi connectivity index (χ1n) is 8.25. The van der Waals surface area contributed by atoms with Gasteiger partial charge in [0.15, 0.2) is 5.13 Å². The summed E-state index contributed by atoms with van der Waals surface area (Å²) < 4.78 is 0. The number of nitrogens with one attached hydrogen (secondary N) is 3. The number of rotatable bonds is 6. The van der Waals surface area contributed by atoms with Crippen LogP contribution in [-0.2, 0) is 11.2 Å². The number of carbonyl (C=O) groups is 2. The third-order valence-electron chi connectivity index (χ3n) is 4.04. The van der Waals surface area contributed by atoms with E-state index < -0.39 is 18.0 Å². The average Bonchev–Trinajstić information content (AvgIpc) is 3.21. The minimum absolute atomic E-state index is 0.241. The molecule has 1 aromatic carbocycles. The van der Waals surface area contributed by atoms with Gasteiger partial charge in [-0.25, -0.2) is 9.78 Å². The van der Waals surface area contributed by atoms with Gasteiger partial charge in [-0.1, -0.05) is 32.0 Å². The number of aromatic nitrogens is 2. The summed E-state index contributed by atoms with van der Waals surface area (Å²) in [6.07, 6.45) is 2.52. The average molecular weight is 372 g/mol. The van der Waals surface area contributed by atoms with Crippen molar-refractivity contribution in [1.29, 1.82) is 0 Å².